The summed E-state index contributed by atoms with van der Waals surface area (Å²) in [6.07, 6.45) is 1.64. The molecule has 3 aromatic rings. The number of nitrogens with zero attached hydrogens (tertiary/aromatic N) is 2. The molecule has 0 atom stereocenters. The highest BCUT2D eigenvalue weighted by Gasteiger charge is 2.20. The lowest BCUT2D eigenvalue weighted by atomic mass is 10.1. The fourth-order valence-electron chi connectivity index (χ4n) is 3.21. The molecule has 0 aliphatic rings. The van der Waals surface area contributed by atoms with Gasteiger partial charge in [-0.15, -0.1) is 0 Å². The zero-order valence-corrected chi connectivity index (χ0v) is 16.7. The van der Waals surface area contributed by atoms with E-state index in [0.717, 1.165) is 0 Å². The van der Waals surface area contributed by atoms with Gasteiger partial charge in [-0.25, -0.2) is 9.48 Å². The van der Waals surface area contributed by atoms with Crippen LogP contribution in [-0.4, -0.2) is 39.0 Å². The van der Waals surface area contributed by atoms with Crippen molar-refractivity contribution in [1.29, 1.82) is 0 Å². The van der Waals surface area contributed by atoms with Gasteiger partial charge in [0.05, 0.1) is 12.3 Å². The molecule has 0 spiro atoms. The standard InChI is InChI=1S/C21H22N4O4/c1-5-29-21(28)17-9-10-25(24-17)16-8-6-7-15(11-16)23-20(27)19-12(2)18(14(4)26)13(3)22-19/h6-11,22H,5H2,1-4H3,(H,23,27). The first-order valence-corrected chi connectivity index (χ1v) is 9.16. The van der Waals surface area contributed by atoms with Gasteiger partial charge in [0.1, 0.15) is 5.69 Å². The van der Waals surface area contributed by atoms with Crippen LogP contribution in [0.3, 0.4) is 0 Å². The number of carbonyl (C=O) groups is 3. The molecule has 8 nitrogen and oxygen atoms in total. The molecule has 0 unspecified atom stereocenters. The first-order chi connectivity index (χ1) is 13.8. The Morgan fingerprint density at radius 1 is 1.21 bits per heavy atom. The maximum absolute atomic E-state index is 12.7. The number of Topliss-reactive ketones (excluding diaryl/α,β-unsaturated/α-hetero) is 1. The molecule has 29 heavy (non-hydrogen) atoms. The molecule has 0 saturated carbocycles. The molecule has 1 amide bonds. The topological polar surface area (TPSA) is 106 Å². The van der Waals surface area contributed by atoms with Crippen LogP contribution in [0, 0.1) is 13.8 Å². The number of aromatic amines is 1. The smallest absolute Gasteiger partial charge is 0.358 e. The molecule has 150 valence electrons. The number of carbonyl (C=O) groups excluding carboxylic acids is 3. The van der Waals surface area contributed by atoms with Crippen molar-refractivity contribution in [2.45, 2.75) is 27.7 Å². The van der Waals surface area contributed by atoms with E-state index in [4.69, 9.17) is 4.74 Å². The van der Waals surface area contributed by atoms with Crippen LogP contribution in [0.15, 0.2) is 36.5 Å². The lowest BCUT2D eigenvalue weighted by Crippen LogP contribution is -2.14. The van der Waals surface area contributed by atoms with Gasteiger partial charge in [0.2, 0.25) is 0 Å². The number of rotatable bonds is 6. The van der Waals surface area contributed by atoms with Crippen molar-refractivity contribution >= 4 is 23.3 Å². The number of esters is 1. The van der Waals surface area contributed by atoms with Gasteiger partial charge < -0.3 is 15.0 Å². The average molecular weight is 394 g/mol. The third kappa shape index (κ3) is 4.11. The molecule has 0 bridgehead atoms. The van der Waals surface area contributed by atoms with Crippen molar-refractivity contribution in [3.8, 4) is 5.69 Å². The molecule has 0 aliphatic carbocycles. The van der Waals surface area contributed by atoms with Crippen molar-refractivity contribution in [2.75, 3.05) is 11.9 Å². The largest absolute Gasteiger partial charge is 0.461 e. The predicted molar refractivity (Wildman–Crippen MR) is 108 cm³/mol. The van der Waals surface area contributed by atoms with E-state index >= 15 is 0 Å². The minimum atomic E-state index is -0.491. The quantitative estimate of drug-likeness (QED) is 0.492. The molecule has 2 heterocycles. The summed E-state index contributed by atoms with van der Waals surface area (Å²) in [5.41, 5.74) is 3.59. The summed E-state index contributed by atoms with van der Waals surface area (Å²) in [5, 5.41) is 7.04. The predicted octanol–water partition coefficient (Wildman–Crippen LogP) is 3.45. The molecule has 8 heteroatoms. The van der Waals surface area contributed by atoms with E-state index in [1.54, 1.807) is 57.3 Å². The Labute approximate surface area is 167 Å². The molecular formula is C21H22N4O4. The summed E-state index contributed by atoms with van der Waals surface area (Å²) >= 11 is 0. The van der Waals surface area contributed by atoms with E-state index in [1.165, 1.54) is 11.6 Å². The Morgan fingerprint density at radius 2 is 1.97 bits per heavy atom. The molecular weight excluding hydrogens is 372 g/mol. The highest BCUT2D eigenvalue weighted by atomic mass is 16.5. The number of ether oxygens (including phenoxy) is 1. The fraction of sp³-hybridized carbons (Fsp3) is 0.238. The van der Waals surface area contributed by atoms with Gasteiger partial charge in [-0.05, 0) is 57.5 Å². The van der Waals surface area contributed by atoms with E-state index in [0.29, 0.717) is 33.9 Å². The molecule has 1 aromatic carbocycles. The number of ketones is 1. The molecule has 3 rings (SSSR count). The third-order valence-corrected chi connectivity index (χ3v) is 4.46. The maximum atomic E-state index is 12.7. The van der Waals surface area contributed by atoms with E-state index < -0.39 is 5.97 Å². The van der Waals surface area contributed by atoms with Crippen molar-refractivity contribution in [2.24, 2.45) is 0 Å². The van der Waals surface area contributed by atoms with Crippen LogP contribution in [0.4, 0.5) is 5.69 Å². The summed E-state index contributed by atoms with van der Waals surface area (Å²) in [7, 11) is 0. The number of aryl methyl sites for hydroxylation is 1. The first kappa shape index (κ1) is 20.1. The molecule has 2 aromatic heterocycles. The monoisotopic (exact) mass is 394 g/mol. The highest BCUT2D eigenvalue weighted by molar-refractivity contribution is 6.07. The van der Waals surface area contributed by atoms with Crippen LogP contribution in [0.2, 0.25) is 0 Å². The second-order valence-electron chi connectivity index (χ2n) is 6.55. The SMILES string of the molecule is CCOC(=O)c1ccn(-c2cccc(NC(=O)c3[nH]c(C)c(C(C)=O)c3C)c2)n1. The number of aromatic nitrogens is 3. The second-order valence-corrected chi connectivity index (χ2v) is 6.55. The van der Waals surface area contributed by atoms with Crippen LogP contribution in [0.1, 0.15) is 56.4 Å². The van der Waals surface area contributed by atoms with E-state index in [2.05, 4.69) is 15.4 Å². The maximum Gasteiger partial charge on any atom is 0.358 e. The summed E-state index contributed by atoms with van der Waals surface area (Å²) in [4.78, 5) is 39.3. The number of H-pyrrole nitrogens is 1. The lowest BCUT2D eigenvalue weighted by molar-refractivity contribution is 0.0518. The number of amides is 1. The van der Waals surface area contributed by atoms with Crippen LogP contribution in [-0.2, 0) is 4.74 Å². The summed E-state index contributed by atoms with van der Waals surface area (Å²) in [5.74, 6) is -0.925. The average Bonchev–Trinajstić information content (AvgIpc) is 3.27. The zero-order valence-electron chi connectivity index (χ0n) is 16.7. The number of benzene rings is 1. The van der Waals surface area contributed by atoms with Gasteiger partial charge in [-0.3, -0.25) is 9.59 Å². The summed E-state index contributed by atoms with van der Waals surface area (Å²) in [6, 6.07) is 8.61. The second kappa shape index (κ2) is 8.14. The lowest BCUT2D eigenvalue weighted by Gasteiger charge is -2.08. The number of nitrogens with one attached hydrogen (secondary N) is 2. The Morgan fingerprint density at radius 3 is 2.62 bits per heavy atom. The van der Waals surface area contributed by atoms with Crippen LogP contribution < -0.4 is 5.32 Å². The van der Waals surface area contributed by atoms with Crippen molar-refractivity contribution < 1.29 is 19.1 Å². The van der Waals surface area contributed by atoms with E-state index in [1.807, 2.05) is 0 Å². The Hall–Kier alpha value is -3.68. The Balaban J connectivity index is 1.82. The van der Waals surface area contributed by atoms with Crippen LogP contribution in [0.5, 0.6) is 0 Å². The fourth-order valence-corrected chi connectivity index (χ4v) is 3.21. The number of hydrogen-bond acceptors (Lipinski definition) is 5. The van der Waals surface area contributed by atoms with E-state index in [-0.39, 0.29) is 24.0 Å². The molecule has 0 aliphatic heterocycles. The van der Waals surface area contributed by atoms with Crippen LogP contribution in [0.25, 0.3) is 5.69 Å². The summed E-state index contributed by atoms with van der Waals surface area (Å²) in [6.45, 7) is 6.99. The molecule has 0 radical (unpaired) electrons. The number of anilines is 1. The first-order valence-electron chi connectivity index (χ1n) is 9.16. The zero-order chi connectivity index (χ0) is 21.1. The normalized spacial score (nSPS) is 10.6. The van der Waals surface area contributed by atoms with Crippen LogP contribution >= 0.6 is 0 Å². The molecule has 0 saturated heterocycles. The Kier molecular flexibility index (Phi) is 5.63. The molecule has 0 fully saturated rings. The Bertz CT molecular complexity index is 1090. The summed E-state index contributed by atoms with van der Waals surface area (Å²) < 4.78 is 6.47. The van der Waals surface area contributed by atoms with Gasteiger partial charge in [-0.2, -0.15) is 5.10 Å². The van der Waals surface area contributed by atoms with Gasteiger partial charge in [0.15, 0.2) is 11.5 Å². The van der Waals surface area contributed by atoms with E-state index in [9.17, 15) is 14.4 Å². The van der Waals surface area contributed by atoms with Gasteiger partial charge >= 0.3 is 5.97 Å². The van der Waals surface area contributed by atoms with Gasteiger partial charge in [0, 0.05) is 23.1 Å². The highest BCUT2D eigenvalue weighted by Crippen LogP contribution is 2.21. The minimum Gasteiger partial charge on any atom is -0.461 e. The minimum absolute atomic E-state index is 0.0895. The van der Waals surface area contributed by atoms with Gasteiger partial charge in [0.25, 0.3) is 5.91 Å². The number of hydrogen-bond donors (Lipinski definition) is 2. The van der Waals surface area contributed by atoms with Crippen molar-refractivity contribution in [3.63, 3.8) is 0 Å². The third-order valence-electron chi connectivity index (χ3n) is 4.46. The van der Waals surface area contributed by atoms with Crippen molar-refractivity contribution in [1.82, 2.24) is 14.8 Å². The molecule has 2 N–H and O–H groups in total. The van der Waals surface area contributed by atoms with Gasteiger partial charge in [-0.1, -0.05) is 6.07 Å². The van der Waals surface area contributed by atoms with Crippen molar-refractivity contribution in [3.05, 3.63) is 64.7 Å².